The van der Waals surface area contributed by atoms with E-state index < -0.39 is 0 Å². The molecule has 1 rings (SSSR count). The normalized spacial score (nSPS) is 10.0. The van der Waals surface area contributed by atoms with Gasteiger partial charge in [0.15, 0.2) is 17.8 Å². The van der Waals surface area contributed by atoms with Crippen molar-refractivity contribution >= 4 is 23.9 Å². The predicted octanol–water partition coefficient (Wildman–Crippen LogP) is 3.21. The third-order valence-electron chi connectivity index (χ3n) is 2.42. The molecule has 0 aliphatic carbocycles. The molecular formula is C14H17ClO4. The molecule has 0 fully saturated rings. The van der Waals surface area contributed by atoms with Crippen LogP contribution in [0.15, 0.2) is 18.2 Å². The van der Waals surface area contributed by atoms with Gasteiger partial charge in [0.1, 0.15) is 0 Å². The first-order valence-electron chi connectivity index (χ1n) is 6.20. The monoisotopic (exact) mass is 284 g/mol. The van der Waals surface area contributed by atoms with E-state index in [1.54, 1.807) is 18.2 Å². The van der Waals surface area contributed by atoms with E-state index in [0.29, 0.717) is 36.5 Å². The van der Waals surface area contributed by atoms with Gasteiger partial charge in [-0.05, 0) is 31.9 Å². The number of carbonyl (C=O) groups is 2. The second-order valence-electron chi connectivity index (χ2n) is 3.85. The zero-order valence-electron chi connectivity index (χ0n) is 10.9. The molecule has 19 heavy (non-hydrogen) atoms. The summed E-state index contributed by atoms with van der Waals surface area (Å²) < 4.78 is 10.6. The number of alkyl halides is 1. The molecule has 0 bridgehead atoms. The summed E-state index contributed by atoms with van der Waals surface area (Å²) in [6.45, 7) is 2.25. The fraction of sp³-hybridized carbons (Fsp3) is 0.429. The number of esters is 1. The maximum absolute atomic E-state index is 11.7. The van der Waals surface area contributed by atoms with Gasteiger partial charge in [-0.2, -0.15) is 0 Å². The van der Waals surface area contributed by atoms with Crippen molar-refractivity contribution in [2.24, 2.45) is 0 Å². The molecule has 0 saturated heterocycles. The molecule has 5 heteroatoms. The number of halogens is 1. The Kier molecular flexibility index (Phi) is 6.97. The molecule has 0 atom stereocenters. The van der Waals surface area contributed by atoms with Crippen molar-refractivity contribution in [1.29, 1.82) is 0 Å². The van der Waals surface area contributed by atoms with Crippen LogP contribution < -0.4 is 9.47 Å². The highest BCUT2D eigenvalue weighted by molar-refractivity contribution is 6.17. The van der Waals surface area contributed by atoms with E-state index in [2.05, 4.69) is 0 Å². The van der Waals surface area contributed by atoms with Gasteiger partial charge >= 0.3 is 5.97 Å². The molecule has 0 unspecified atom stereocenters. The van der Waals surface area contributed by atoms with E-state index in [4.69, 9.17) is 21.1 Å². The number of para-hydroxylation sites is 1. The molecule has 0 N–H and O–H groups in total. The van der Waals surface area contributed by atoms with Crippen molar-refractivity contribution < 1.29 is 19.1 Å². The number of hydrogen-bond donors (Lipinski definition) is 0. The molecule has 1 aromatic rings. The van der Waals surface area contributed by atoms with Crippen molar-refractivity contribution in [3.8, 4) is 11.5 Å². The smallest absolute Gasteiger partial charge is 0.311 e. The zero-order valence-corrected chi connectivity index (χ0v) is 11.6. The average Bonchev–Trinajstić information content (AvgIpc) is 2.41. The van der Waals surface area contributed by atoms with Crippen molar-refractivity contribution in [3.63, 3.8) is 0 Å². The van der Waals surface area contributed by atoms with Gasteiger partial charge in [0.25, 0.3) is 0 Å². The van der Waals surface area contributed by atoms with Gasteiger partial charge in [0.2, 0.25) is 0 Å². The van der Waals surface area contributed by atoms with Crippen LogP contribution in [0, 0.1) is 0 Å². The van der Waals surface area contributed by atoms with E-state index in [1.165, 1.54) is 0 Å². The number of aldehydes is 1. The van der Waals surface area contributed by atoms with Crippen LogP contribution in [0.1, 0.15) is 36.5 Å². The van der Waals surface area contributed by atoms with E-state index in [0.717, 1.165) is 6.42 Å². The summed E-state index contributed by atoms with van der Waals surface area (Å²) in [7, 11) is 0. The Balaban J connectivity index is 2.79. The summed E-state index contributed by atoms with van der Waals surface area (Å²) in [6, 6.07) is 4.92. The number of unbranched alkanes of at least 4 members (excludes halogenated alkanes) is 1. The minimum absolute atomic E-state index is 0.190. The molecule has 0 heterocycles. The van der Waals surface area contributed by atoms with E-state index in [9.17, 15) is 9.59 Å². The highest BCUT2D eigenvalue weighted by Crippen LogP contribution is 2.30. The molecule has 0 aliphatic rings. The van der Waals surface area contributed by atoms with E-state index in [1.807, 2.05) is 6.92 Å². The number of benzene rings is 1. The van der Waals surface area contributed by atoms with Crippen LogP contribution in [0.3, 0.4) is 0 Å². The third kappa shape index (κ3) is 4.91. The minimum atomic E-state index is -0.389. The Labute approximate surface area is 117 Å². The zero-order chi connectivity index (χ0) is 14.1. The largest absolute Gasteiger partial charge is 0.490 e. The Bertz CT molecular complexity index is 431. The summed E-state index contributed by atoms with van der Waals surface area (Å²) in [4.78, 5) is 22.6. The van der Waals surface area contributed by atoms with E-state index in [-0.39, 0.29) is 18.1 Å². The van der Waals surface area contributed by atoms with Crippen LogP contribution in [0.5, 0.6) is 11.5 Å². The Morgan fingerprint density at radius 1 is 1.37 bits per heavy atom. The molecule has 0 amide bonds. The lowest BCUT2D eigenvalue weighted by atomic mass is 10.2. The maximum Gasteiger partial charge on any atom is 0.311 e. The molecule has 0 aliphatic heterocycles. The summed E-state index contributed by atoms with van der Waals surface area (Å²) in [5.74, 6) is 0.718. The number of ether oxygens (including phenoxy) is 2. The van der Waals surface area contributed by atoms with Gasteiger partial charge in [-0.15, -0.1) is 11.6 Å². The van der Waals surface area contributed by atoms with Gasteiger partial charge in [-0.1, -0.05) is 6.07 Å². The fourth-order valence-electron chi connectivity index (χ4n) is 1.53. The first kappa shape index (κ1) is 15.5. The first-order chi connectivity index (χ1) is 9.22. The van der Waals surface area contributed by atoms with Crippen LogP contribution in [0.2, 0.25) is 0 Å². The SMILES string of the molecule is CCOc1cccc(C=O)c1OC(=O)CCCCCl. The molecule has 0 radical (unpaired) electrons. The molecule has 0 aromatic heterocycles. The highest BCUT2D eigenvalue weighted by Gasteiger charge is 2.14. The summed E-state index contributed by atoms with van der Waals surface area (Å²) >= 11 is 5.54. The summed E-state index contributed by atoms with van der Waals surface area (Å²) in [6.07, 6.45) is 2.33. The van der Waals surface area contributed by atoms with Crippen molar-refractivity contribution in [3.05, 3.63) is 23.8 Å². The van der Waals surface area contributed by atoms with Crippen molar-refractivity contribution in [2.75, 3.05) is 12.5 Å². The maximum atomic E-state index is 11.7. The van der Waals surface area contributed by atoms with Crippen molar-refractivity contribution in [2.45, 2.75) is 26.2 Å². The van der Waals surface area contributed by atoms with Gasteiger partial charge in [0, 0.05) is 12.3 Å². The minimum Gasteiger partial charge on any atom is -0.490 e. The Morgan fingerprint density at radius 2 is 2.16 bits per heavy atom. The van der Waals surface area contributed by atoms with Gasteiger partial charge in [-0.3, -0.25) is 9.59 Å². The number of rotatable bonds is 8. The van der Waals surface area contributed by atoms with Crippen molar-refractivity contribution in [1.82, 2.24) is 0 Å². The van der Waals surface area contributed by atoms with E-state index >= 15 is 0 Å². The average molecular weight is 285 g/mol. The molecule has 4 nitrogen and oxygen atoms in total. The molecule has 1 aromatic carbocycles. The third-order valence-corrected chi connectivity index (χ3v) is 2.68. The quantitative estimate of drug-likeness (QED) is 0.242. The highest BCUT2D eigenvalue weighted by atomic mass is 35.5. The lowest BCUT2D eigenvalue weighted by molar-refractivity contribution is -0.134. The van der Waals surface area contributed by atoms with Crippen LogP contribution >= 0.6 is 11.6 Å². The lowest BCUT2D eigenvalue weighted by Crippen LogP contribution is -2.10. The van der Waals surface area contributed by atoms with Gasteiger partial charge in [-0.25, -0.2) is 0 Å². The topological polar surface area (TPSA) is 52.6 Å². The Hall–Kier alpha value is -1.55. The Morgan fingerprint density at radius 3 is 2.79 bits per heavy atom. The van der Waals surface area contributed by atoms with Crippen LogP contribution in [-0.2, 0) is 4.79 Å². The predicted molar refractivity (Wildman–Crippen MR) is 73.2 cm³/mol. The second kappa shape index (κ2) is 8.53. The van der Waals surface area contributed by atoms with Crippen LogP contribution in [-0.4, -0.2) is 24.7 Å². The fourth-order valence-corrected chi connectivity index (χ4v) is 1.72. The lowest BCUT2D eigenvalue weighted by Gasteiger charge is -2.12. The van der Waals surface area contributed by atoms with Gasteiger partial charge < -0.3 is 9.47 Å². The molecular weight excluding hydrogens is 268 g/mol. The summed E-state index contributed by atoms with van der Waals surface area (Å²) in [5, 5.41) is 0. The standard InChI is InChI=1S/C14H17ClO4/c1-2-18-12-7-5-6-11(10-16)14(12)19-13(17)8-3-4-9-15/h5-7,10H,2-4,8-9H2,1H3. The number of carbonyl (C=O) groups excluding carboxylic acids is 2. The van der Waals surface area contributed by atoms with Crippen LogP contribution in [0.4, 0.5) is 0 Å². The molecule has 104 valence electrons. The molecule has 0 spiro atoms. The first-order valence-corrected chi connectivity index (χ1v) is 6.74. The van der Waals surface area contributed by atoms with Gasteiger partial charge in [0.05, 0.1) is 12.2 Å². The molecule has 0 saturated carbocycles. The second-order valence-corrected chi connectivity index (χ2v) is 4.22. The number of hydrogen-bond acceptors (Lipinski definition) is 4. The summed E-state index contributed by atoms with van der Waals surface area (Å²) in [5.41, 5.74) is 0.302. The van der Waals surface area contributed by atoms with Crippen LogP contribution in [0.25, 0.3) is 0 Å².